The van der Waals surface area contributed by atoms with Gasteiger partial charge in [-0.05, 0) is 36.8 Å². The highest BCUT2D eigenvalue weighted by Crippen LogP contribution is 2.29. The van der Waals surface area contributed by atoms with Crippen LogP contribution >= 0.6 is 11.6 Å². The lowest BCUT2D eigenvalue weighted by Crippen LogP contribution is -2.04. The maximum Gasteiger partial charge on any atom is 0.129 e. The maximum atomic E-state index is 13.5. The summed E-state index contributed by atoms with van der Waals surface area (Å²) in [6, 6.07) is 6.20. The van der Waals surface area contributed by atoms with Crippen LogP contribution in [0.2, 0.25) is 0 Å². The van der Waals surface area contributed by atoms with E-state index in [1.807, 2.05) is 0 Å². The summed E-state index contributed by atoms with van der Waals surface area (Å²) < 4.78 is 53.4. The summed E-state index contributed by atoms with van der Waals surface area (Å²) in [7, 11) is 0. The van der Waals surface area contributed by atoms with Crippen molar-refractivity contribution in [2.75, 3.05) is 0 Å². The van der Waals surface area contributed by atoms with Crippen molar-refractivity contribution in [1.29, 1.82) is 0 Å². The Kier molecular flexibility index (Phi) is 4.10. The fourth-order valence-electron chi connectivity index (χ4n) is 1.77. The molecule has 0 heterocycles. The second kappa shape index (κ2) is 5.61. The van der Waals surface area contributed by atoms with Gasteiger partial charge in [-0.3, -0.25) is 0 Å². The Morgan fingerprint density at radius 1 is 0.895 bits per heavy atom. The average molecular weight is 289 g/mol. The summed E-state index contributed by atoms with van der Waals surface area (Å²) in [6.07, 6.45) is -0.263. The second-order valence-electron chi connectivity index (χ2n) is 4.04. The lowest BCUT2D eigenvalue weighted by atomic mass is 10.0. The van der Waals surface area contributed by atoms with Gasteiger partial charge in [0.1, 0.15) is 23.3 Å². The van der Waals surface area contributed by atoms with E-state index in [0.717, 1.165) is 30.3 Å². The van der Waals surface area contributed by atoms with Crippen LogP contribution in [0.3, 0.4) is 0 Å². The molecule has 0 fully saturated rings. The molecule has 2 aromatic carbocycles. The van der Waals surface area contributed by atoms with Crippen molar-refractivity contribution in [2.45, 2.75) is 11.8 Å². The third-order valence-corrected chi connectivity index (χ3v) is 3.13. The number of hydrogen-bond acceptors (Lipinski definition) is 0. The minimum Gasteiger partial charge on any atom is -0.207 e. The molecule has 1 unspecified atom stereocenters. The molecule has 1 atom stereocenters. The first kappa shape index (κ1) is 13.9. The van der Waals surface area contributed by atoms with Crippen LogP contribution < -0.4 is 0 Å². The zero-order valence-electron chi connectivity index (χ0n) is 9.64. The molecule has 100 valence electrons. The zero-order valence-corrected chi connectivity index (χ0v) is 10.4. The van der Waals surface area contributed by atoms with Crippen molar-refractivity contribution >= 4 is 11.6 Å². The van der Waals surface area contributed by atoms with Gasteiger partial charge in [-0.25, -0.2) is 17.6 Å². The minimum absolute atomic E-state index is 0.121. The van der Waals surface area contributed by atoms with E-state index in [1.54, 1.807) is 0 Å². The van der Waals surface area contributed by atoms with Gasteiger partial charge in [0.2, 0.25) is 0 Å². The van der Waals surface area contributed by atoms with Gasteiger partial charge >= 0.3 is 0 Å². The third kappa shape index (κ3) is 3.07. The first-order valence-corrected chi connectivity index (χ1v) is 5.94. The van der Waals surface area contributed by atoms with Crippen LogP contribution in [0.15, 0.2) is 36.4 Å². The molecule has 2 rings (SSSR count). The number of benzene rings is 2. The van der Waals surface area contributed by atoms with Gasteiger partial charge in [0.05, 0.1) is 5.38 Å². The molecule has 0 N–H and O–H groups in total. The fourth-order valence-corrected chi connectivity index (χ4v) is 2.09. The third-order valence-electron chi connectivity index (χ3n) is 2.74. The van der Waals surface area contributed by atoms with Crippen molar-refractivity contribution in [3.8, 4) is 0 Å². The molecule has 0 aliphatic heterocycles. The Morgan fingerprint density at radius 2 is 1.53 bits per heavy atom. The standard InChI is InChI=1S/C14H9ClF4/c15-11(9-6-8(16)4-5-14(9)19)7-10-12(17)2-1-3-13(10)18/h1-6,11H,7H2. The molecule has 0 bridgehead atoms. The Bertz CT molecular complexity index is 578. The fraction of sp³-hybridized carbons (Fsp3) is 0.143. The molecule has 0 saturated heterocycles. The van der Waals surface area contributed by atoms with Crippen LogP contribution in [0.1, 0.15) is 16.5 Å². The lowest BCUT2D eigenvalue weighted by molar-refractivity contribution is 0.546. The smallest absolute Gasteiger partial charge is 0.129 e. The summed E-state index contributed by atoms with van der Waals surface area (Å²) in [5.74, 6) is -2.89. The van der Waals surface area contributed by atoms with E-state index in [4.69, 9.17) is 11.6 Å². The molecular weight excluding hydrogens is 280 g/mol. The van der Waals surface area contributed by atoms with Crippen LogP contribution in [-0.4, -0.2) is 0 Å². The van der Waals surface area contributed by atoms with E-state index in [0.29, 0.717) is 0 Å². The Labute approximate surface area is 112 Å². The highest BCUT2D eigenvalue weighted by atomic mass is 35.5. The SMILES string of the molecule is Fc1ccc(F)c(C(Cl)Cc2c(F)cccc2F)c1. The maximum absolute atomic E-state index is 13.5. The quantitative estimate of drug-likeness (QED) is 0.564. The molecule has 0 saturated carbocycles. The van der Waals surface area contributed by atoms with E-state index in [-0.39, 0.29) is 17.5 Å². The summed E-state index contributed by atoms with van der Waals surface area (Å²) in [6.45, 7) is 0. The monoisotopic (exact) mass is 288 g/mol. The number of halogens is 5. The van der Waals surface area contributed by atoms with Crippen molar-refractivity contribution in [2.24, 2.45) is 0 Å². The van der Waals surface area contributed by atoms with Crippen molar-refractivity contribution in [3.63, 3.8) is 0 Å². The molecule has 5 heteroatoms. The van der Waals surface area contributed by atoms with Crippen LogP contribution in [0.4, 0.5) is 17.6 Å². The summed E-state index contributed by atoms with van der Waals surface area (Å²) in [4.78, 5) is 0. The molecule has 19 heavy (non-hydrogen) atoms. The van der Waals surface area contributed by atoms with Gasteiger partial charge in [0, 0.05) is 11.1 Å². The topological polar surface area (TPSA) is 0 Å². The van der Waals surface area contributed by atoms with Gasteiger partial charge < -0.3 is 0 Å². The van der Waals surface area contributed by atoms with Crippen molar-refractivity contribution < 1.29 is 17.6 Å². The number of alkyl halides is 1. The van der Waals surface area contributed by atoms with Crippen molar-refractivity contribution in [3.05, 3.63) is 70.8 Å². The van der Waals surface area contributed by atoms with E-state index < -0.39 is 28.6 Å². The van der Waals surface area contributed by atoms with E-state index in [1.165, 1.54) is 6.07 Å². The van der Waals surface area contributed by atoms with Gasteiger partial charge in [-0.15, -0.1) is 11.6 Å². The largest absolute Gasteiger partial charge is 0.207 e. The second-order valence-corrected chi connectivity index (χ2v) is 4.56. The van der Waals surface area contributed by atoms with E-state index in [2.05, 4.69) is 0 Å². The first-order valence-electron chi connectivity index (χ1n) is 5.51. The van der Waals surface area contributed by atoms with Crippen LogP contribution in [0.25, 0.3) is 0 Å². The molecule has 0 aliphatic rings. The van der Waals surface area contributed by atoms with Crippen LogP contribution in [0, 0.1) is 23.3 Å². The van der Waals surface area contributed by atoms with E-state index in [9.17, 15) is 17.6 Å². The molecule has 2 aromatic rings. The molecule has 0 amide bonds. The molecule has 0 aliphatic carbocycles. The molecule has 0 nitrogen and oxygen atoms in total. The van der Waals surface area contributed by atoms with Crippen molar-refractivity contribution in [1.82, 2.24) is 0 Å². The summed E-state index contributed by atoms with van der Waals surface area (Å²) in [5.41, 5.74) is -0.365. The van der Waals surface area contributed by atoms with Gasteiger partial charge in [-0.2, -0.15) is 0 Å². The average Bonchev–Trinajstić information content (AvgIpc) is 2.37. The highest BCUT2D eigenvalue weighted by molar-refractivity contribution is 6.20. The molecule has 0 aromatic heterocycles. The Hall–Kier alpha value is -1.55. The predicted molar refractivity (Wildman–Crippen MR) is 65.0 cm³/mol. The molecular formula is C14H9ClF4. The predicted octanol–water partition coefficient (Wildman–Crippen LogP) is 4.77. The Balaban J connectivity index is 2.31. The van der Waals surface area contributed by atoms with Crippen LogP contribution in [-0.2, 0) is 6.42 Å². The van der Waals surface area contributed by atoms with E-state index >= 15 is 0 Å². The minimum atomic E-state index is -1.05. The lowest BCUT2D eigenvalue weighted by Gasteiger charge is -2.12. The van der Waals surface area contributed by atoms with Gasteiger partial charge in [-0.1, -0.05) is 6.07 Å². The van der Waals surface area contributed by atoms with Gasteiger partial charge in [0.25, 0.3) is 0 Å². The summed E-state index contributed by atoms with van der Waals surface area (Å²) in [5, 5.41) is -1.05. The van der Waals surface area contributed by atoms with Crippen LogP contribution in [0.5, 0.6) is 0 Å². The highest BCUT2D eigenvalue weighted by Gasteiger charge is 2.18. The number of hydrogen-bond donors (Lipinski definition) is 0. The van der Waals surface area contributed by atoms with Gasteiger partial charge in [0.15, 0.2) is 0 Å². The normalized spacial score (nSPS) is 12.5. The Morgan fingerprint density at radius 3 is 2.16 bits per heavy atom. The molecule has 0 radical (unpaired) electrons. The zero-order chi connectivity index (χ0) is 14.0. The molecule has 0 spiro atoms. The number of rotatable bonds is 3. The summed E-state index contributed by atoms with van der Waals surface area (Å²) >= 11 is 5.92. The first-order chi connectivity index (χ1) is 8.99.